The number of likely N-dealkylation sites (tertiary alicyclic amines) is 1. The minimum absolute atomic E-state index is 0.327. The smallest absolute Gasteiger partial charge is 0.411 e. The van der Waals surface area contributed by atoms with Crippen LogP contribution in [0.4, 0.5) is 4.79 Å². The van der Waals surface area contributed by atoms with Gasteiger partial charge >= 0.3 is 12.1 Å². The number of hydrogen-bond acceptors (Lipinski definition) is 5. The van der Waals surface area contributed by atoms with Crippen molar-refractivity contribution >= 4 is 12.1 Å². The van der Waals surface area contributed by atoms with Crippen molar-refractivity contribution in [2.45, 2.75) is 64.0 Å². The molecule has 0 radical (unpaired) electrons. The van der Waals surface area contributed by atoms with Crippen molar-refractivity contribution in [3.8, 4) is 0 Å². The molecule has 0 aromatic heterocycles. The predicted octanol–water partition coefficient (Wildman–Crippen LogP) is 2.75. The van der Waals surface area contributed by atoms with Crippen LogP contribution in [0, 0.1) is 5.92 Å². The maximum atomic E-state index is 12.6. The fraction of sp³-hybridized carbons (Fsp3) is 0.882. The average molecular weight is 327 g/mol. The molecule has 23 heavy (non-hydrogen) atoms. The Labute approximate surface area is 138 Å². The number of methoxy groups -OCH3 is 1. The van der Waals surface area contributed by atoms with E-state index in [1.54, 1.807) is 4.90 Å². The van der Waals surface area contributed by atoms with E-state index in [4.69, 9.17) is 14.2 Å². The maximum absolute atomic E-state index is 12.6. The van der Waals surface area contributed by atoms with Gasteiger partial charge < -0.3 is 14.2 Å². The van der Waals surface area contributed by atoms with E-state index in [0.717, 1.165) is 19.3 Å². The van der Waals surface area contributed by atoms with Crippen molar-refractivity contribution in [2.75, 3.05) is 26.9 Å². The van der Waals surface area contributed by atoms with Crippen molar-refractivity contribution in [1.29, 1.82) is 0 Å². The Bertz CT molecular complexity index is 439. The van der Waals surface area contributed by atoms with Crippen LogP contribution in [-0.2, 0) is 19.0 Å². The monoisotopic (exact) mass is 327 g/mol. The molecule has 2 fully saturated rings. The Morgan fingerprint density at radius 1 is 1.26 bits per heavy atom. The molecule has 0 aromatic rings. The Kier molecular flexibility index (Phi) is 5.55. The first-order chi connectivity index (χ1) is 10.8. The summed E-state index contributed by atoms with van der Waals surface area (Å²) in [5.74, 6) is 0.0400. The fourth-order valence-electron chi connectivity index (χ4n) is 3.59. The highest BCUT2D eigenvalue weighted by atomic mass is 16.6. The summed E-state index contributed by atoms with van der Waals surface area (Å²) < 4.78 is 16.0. The van der Waals surface area contributed by atoms with E-state index in [-0.39, 0.29) is 5.97 Å². The lowest BCUT2D eigenvalue weighted by Gasteiger charge is -2.39. The van der Waals surface area contributed by atoms with Crippen LogP contribution < -0.4 is 0 Å². The van der Waals surface area contributed by atoms with Crippen LogP contribution in [0.3, 0.4) is 0 Å². The highest BCUT2D eigenvalue weighted by molar-refractivity contribution is 5.86. The molecule has 0 aliphatic carbocycles. The third kappa shape index (κ3) is 4.16. The second kappa shape index (κ2) is 7.07. The Morgan fingerprint density at radius 2 is 1.91 bits per heavy atom. The van der Waals surface area contributed by atoms with Gasteiger partial charge in [-0.05, 0) is 58.8 Å². The van der Waals surface area contributed by atoms with Crippen LogP contribution in [0.1, 0.15) is 52.9 Å². The van der Waals surface area contributed by atoms with Gasteiger partial charge in [-0.3, -0.25) is 4.90 Å². The zero-order valence-electron chi connectivity index (χ0n) is 14.7. The largest absolute Gasteiger partial charge is 0.467 e. The summed E-state index contributed by atoms with van der Waals surface area (Å²) in [5, 5.41) is 0. The van der Waals surface area contributed by atoms with Gasteiger partial charge in [-0.15, -0.1) is 0 Å². The highest BCUT2D eigenvalue weighted by Crippen LogP contribution is 2.39. The van der Waals surface area contributed by atoms with E-state index in [2.05, 4.69) is 0 Å². The third-order valence-corrected chi connectivity index (χ3v) is 4.64. The van der Waals surface area contributed by atoms with Gasteiger partial charge in [0.15, 0.2) is 0 Å². The molecule has 1 atom stereocenters. The van der Waals surface area contributed by atoms with Gasteiger partial charge in [0.05, 0.1) is 7.11 Å². The Hall–Kier alpha value is -1.30. The summed E-state index contributed by atoms with van der Waals surface area (Å²) >= 11 is 0. The Morgan fingerprint density at radius 3 is 2.48 bits per heavy atom. The summed E-state index contributed by atoms with van der Waals surface area (Å²) in [6.45, 7) is 7.47. The first-order valence-corrected chi connectivity index (χ1v) is 8.45. The van der Waals surface area contributed by atoms with E-state index in [1.807, 2.05) is 20.8 Å². The molecule has 0 spiro atoms. The first kappa shape index (κ1) is 18.0. The maximum Gasteiger partial charge on any atom is 0.411 e. The summed E-state index contributed by atoms with van der Waals surface area (Å²) in [6.07, 6.45) is 3.46. The van der Waals surface area contributed by atoms with Crippen molar-refractivity contribution in [2.24, 2.45) is 5.92 Å². The van der Waals surface area contributed by atoms with Crippen molar-refractivity contribution < 1.29 is 23.8 Å². The van der Waals surface area contributed by atoms with E-state index >= 15 is 0 Å². The lowest BCUT2D eigenvalue weighted by Crippen LogP contribution is -2.55. The molecule has 6 nitrogen and oxygen atoms in total. The molecule has 2 heterocycles. The molecule has 2 saturated heterocycles. The van der Waals surface area contributed by atoms with Crippen LogP contribution in [0.2, 0.25) is 0 Å². The molecule has 2 aliphatic rings. The number of carbonyl (C=O) groups is 2. The topological polar surface area (TPSA) is 65.1 Å². The highest BCUT2D eigenvalue weighted by Gasteiger charge is 2.52. The molecule has 1 amide bonds. The van der Waals surface area contributed by atoms with E-state index in [9.17, 15) is 9.59 Å². The molecule has 0 aromatic carbocycles. The second-order valence-electron chi connectivity index (χ2n) is 7.52. The molecule has 132 valence electrons. The minimum Gasteiger partial charge on any atom is -0.467 e. The van der Waals surface area contributed by atoms with Gasteiger partial charge in [-0.1, -0.05) is 0 Å². The summed E-state index contributed by atoms with van der Waals surface area (Å²) in [5.41, 5.74) is -1.47. The molecule has 0 N–H and O–H groups in total. The second-order valence-corrected chi connectivity index (χ2v) is 7.52. The number of nitrogens with zero attached hydrogens (tertiary/aromatic N) is 1. The first-order valence-electron chi connectivity index (χ1n) is 8.45. The van der Waals surface area contributed by atoms with Crippen LogP contribution in [0.5, 0.6) is 0 Å². The standard InChI is InChI=1S/C17H29NO5/c1-16(2,3)23-15(20)18-9-5-8-17(18,14(19)21-4)12-13-6-10-22-11-7-13/h13H,5-12H2,1-4H3. The van der Waals surface area contributed by atoms with Crippen LogP contribution in [0.15, 0.2) is 0 Å². The minimum atomic E-state index is -0.890. The number of hydrogen-bond donors (Lipinski definition) is 0. The van der Waals surface area contributed by atoms with Gasteiger partial charge in [0.25, 0.3) is 0 Å². The van der Waals surface area contributed by atoms with E-state index in [1.165, 1.54) is 7.11 Å². The number of esters is 1. The fourth-order valence-corrected chi connectivity index (χ4v) is 3.59. The van der Waals surface area contributed by atoms with Crippen LogP contribution in [-0.4, -0.2) is 55.0 Å². The van der Waals surface area contributed by atoms with Crippen molar-refractivity contribution in [3.05, 3.63) is 0 Å². The molecule has 0 saturated carbocycles. The molecule has 2 rings (SSSR count). The molecular weight excluding hydrogens is 298 g/mol. The lowest BCUT2D eigenvalue weighted by atomic mass is 9.81. The molecule has 0 bridgehead atoms. The number of ether oxygens (including phenoxy) is 3. The zero-order chi connectivity index (χ0) is 17.1. The number of amides is 1. The summed E-state index contributed by atoms with van der Waals surface area (Å²) in [6, 6.07) is 0. The van der Waals surface area contributed by atoms with Crippen molar-refractivity contribution in [1.82, 2.24) is 4.90 Å². The third-order valence-electron chi connectivity index (χ3n) is 4.64. The van der Waals surface area contributed by atoms with Gasteiger partial charge in [-0.25, -0.2) is 9.59 Å². The SMILES string of the molecule is COC(=O)C1(CC2CCOCC2)CCCN1C(=O)OC(C)(C)C. The molecule has 6 heteroatoms. The van der Waals surface area contributed by atoms with Crippen LogP contribution in [0.25, 0.3) is 0 Å². The lowest BCUT2D eigenvalue weighted by molar-refractivity contribution is -0.155. The normalized spacial score (nSPS) is 26.2. The van der Waals surface area contributed by atoms with Gasteiger partial charge in [0, 0.05) is 19.8 Å². The van der Waals surface area contributed by atoms with Gasteiger partial charge in [0.2, 0.25) is 0 Å². The number of rotatable bonds is 3. The predicted molar refractivity (Wildman–Crippen MR) is 85.1 cm³/mol. The number of carbonyl (C=O) groups excluding carboxylic acids is 2. The molecular formula is C17H29NO5. The van der Waals surface area contributed by atoms with Crippen LogP contribution >= 0.6 is 0 Å². The van der Waals surface area contributed by atoms with Crippen molar-refractivity contribution in [3.63, 3.8) is 0 Å². The Balaban J connectivity index is 2.20. The van der Waals surface area contributed by atoms with E-state index in [0.29, 0.717) is 38.5 Å². The quantitative estimate of drug-likeness (QED) is 0.746. The molecule has 2 aliphatic heterocycles. The van der Waals surface area contributed by atoms with Gasteiger partial charge in [-0.2, -0.15) is 0 Å². The van der Waals surface area contributed by atoms with Gasteiger partial charge in [0.1, 0.15) is 11.1 Å². The summed E-state index contributed by atoms with van der Waals surface area (Å²) in [4.78, 5) is 26.8. The average Bonchev–Trinajstić information content (AvgIpc) is 2.90. The van der Waals surface area contributed by atoms with E-state index < -0.39 is 17.2 Å². The summed E-state index contributed by atoms with van der Waals surface area (Å²) in [7, 11) is 1.39. The molecule has 1 unspecified atom stereocenters. The zero-order valence-corrected chi connectivity index (χ0v) is 14.7.